The van der Waals surface area contributed by atoms with Gasteiger partial charge in [0.15, 0.2) is 5.12 Å². The second-order valence-electron chi connectivity index (χ2n) is 3.32. The molecule has 0 fully saturated rings. The molecular formula is C13H15NOS. The van der Waals surface area contributed by atoms with Gasteiger partial charge in [0.25, 0.3) is 0 Å². The zero-order valence-electron chi connectivity index (χ0n) is 9.32. The average molecular weight is 233 g/mol. The van der Waals surface area contributed by atoms with Crippen LogP contribution in [0.1, 0.15) is 18.1 Å². The van der Waals surface area contributed by atoms with Gasteiger partial charge in [-0.3, -0.25) is 4.79 Å². The first-order valence-electron chi connectivity index (χ1n) is 5.13. The summed E-state index contributed by atoms with van der Waals surface area (Å²) in [4.78, 5) is 10.7. The highest BCUT2D eigenvalue weighted by molar-refractivity contribution is 8.13. The summed E-state index contributed by atoms with van der Waals surface area (Å²) in [5.74, 6) is 6.55. The summed E-state index contributed by atoms with van der Waals surface area (Å²) in [7, 11) is 0. The first kappa shape index (κ1) is 12.8. The molecule has 0 heterocycles. The second-order valence-corrected chi connectivity index (χ2v) is 4.47. The van der Waals surface area contributed by atoms with Crippen LogP contribution in [0.3, 0.4) is 0 Å². The molecule has 0 bridgehead atoms. The lowest BCUT2D eigenvalue weighted by Crippen LogP contribution is -2.02. The number of hydrogen-bond acceptors (Lipinski definition) is 3. The SMILES string of the molecule is CC(=O)SCC#Cc1cccc(CCN)c1. The van der Waals surface area contributed by atoms with Gasteiger partial charge in [-0.1, -0.05) is 35.7 Å². The van der Waals surface area contributed by atoms with E-state index in [0.717, 1.165) is 12.0 Å². The Kier molecular flexibility index (Phi) is 5.69. The average Bonchev–Trinajstić information content (AvgIpc) is 2.25. The van der Waals surface area contributed by atoms with Gasteiger partial charge in [0.05, 0.1) is 5.75 Å². The van der Waals surface area contributed by atoms with Gasteiger partial charge in [0.2, 0.25) is 0 Å². The molecule has 0 spiro atoms. The topological polar surface area (TPSA) is 43.1 Å². The molecular weight excluding hydrogens is 218 g/mol. The summed E-state index contributed by atoms with van der Waals surface area (Å²) >= 11 is 1.23. The van der Waals surface area contributed by atoms with Gasteiger partial charge in [-0.25, -0.2) is 0 Å². The number of thioether (sulfide) groups is 1. The van der Waals surface area contributed by atoms with Crippen LogP contribution in [0.15, 0.2) is 24.3 Å². The fraction of sp³-hybridized carbons (Fsp3) is 0.308. The molecule has 0 radical (unpaired) electrons. The van der Waals surface area contributed by atoms with Gasteiger partial charge in [-0.15, -0.1) is 0 Å². The summed E-state index contributed by atoms with van der Waals surface area (Å²) in [5.41, 5.74) is 7.67. The highest BCUT2D eigenvalue weighted by atomic mass is 32.2. The fourth-order valence-electron chi connectivity index (χ4n) is 1.25. The molecule has 0 aliphatic carbocycles. The number of hydrogen-bond donors (Lipinski definition) is 1. The molecule has 84 valence electrons. The Bertz CT molecular complexity index is 417. The van der Waals surface area contributed by atoms with E-state index in [1.54, 1.807) is 6.92 Å². The van der Waals surface area contributed by atoms with E-state index >= 15 is 0 Å². The van der Waals surface area contributed by atoms with E-state index in [1.807, 2.05) is 24.3 Å². The Labute approximate surface area is 101 Å². The second kappa shape index (κ2) is 7.10. The van der Waals surface area contributed by atoms with Crippen molar-refractivity contribution in [1.82, 2.24) is 0 Å². The zero-order chi connectivity index (χ0) is 11.8. The summed E-state index contributed by atoms with van der Waals surface area (Å²) in [6.45, 7) is 2.20. The summed E-state index contributed by atoms with van der Waals surface area (Å²) in [6, 6.07) is 8.03. The van der Waals surface area contributed by atoms with E-state index in [2.05, 4.69) is 11.8 Å². The van der Waals surface area contributed by atoms with Crippen molar-refractivity contribution in [2.24, 2.45) is 5.73 Å². The minimum absolute atomic E-state index is 0.103. The molecule has 1 rings (SSSR count). The maximum atomic E-state index is 10.7. The molecule has 0 unspecified atom stereocenters. The Hall–Kier alpha value is -1.24. The maximum absolute atomic E-state index is 10.7. The predicted octanol–water partition coefficient (Wildman–Crippen LogP) is 1.82. The molecule has 0 aliphatic heterocycles. The quantitative estimate of drug-likeness (QED) is 0.810. The highest BCUT2D eigenvalue weighted by Crippen LogP contribution is 2.05. The largest absolute Gasteiger partial charge is 0.330 e. The zero-order valence-corrected chi connectivity index (χ0v) is 10.1. The fourth-order valence-corrected chi connectivity index (χ4v) is 1.59. The third-order valence-corrected chi connectivity index (χ3v) is 2.64. The molecule has 3 heteroatoms. The molecule has 0 amide bonds. The maximum Gasteiger partial charge on any atom is 0.186 e. The Morgan fingerprint density at radius 3 is 3.00 bits per heavy atom. The Balaban J connectivity index is 2.58. The van der Waals surface area contributed by atoms with Crippen molar-refractivity contribution in [2.45, 2.75) is 13.3 Å². The van der Waals surface area contributed by atoms with E-state index in [0.29, 0.717) is 12.3 Å². The number of carbonyl (C=O) groups is 1. The van der Waals surface area contributed by atoms with Crippen molar-refractivity contribution in [3.05, 3.63) is 35.4 Å². The van der Waals surface area contributed by atoms with Gasteiger partial charge < -0.3 is 5.73 Å². The first-order valence-corrected chi connectivity index (χ1v) is 6.12. The van der Waals surface area contributed by atoms with E-state index in [1.165, 1.54) is 17.3 Å². The number of carbonyl (C=O) groups excluding carboxylic acids is 1. The standard InChI is InChI=1S/C13H15NOS/c1-11(15)16-9-3-6-12-4-2-5-13(10-12)7-8-14/h2,4-5,10H,7-9,14H2,1H3. The molecule has 0 aromatic heterocycles. The highest BCUT2D eigenvalue weighted by Gasteiger charge is 1.92. The summed E-state index contributed by atoms with van der Waals surface area (Å²) in [6.07, 6.45) is 0.873. The monoisotopic (exact) mass is 233 g/mol. The minimum atomic E-state index is 0.103. The Morgan fingerprint density at radius 2 is 2.31 bits per heavy atom. The molecule has 0 saturated carbocycles. The lowest BCUT2D eigenvalue weighted by Gasteiger charge is -1.98. The summed E-state index contributed by atoms with van der Waals surface area (Å²) in [5, 5.41) is 0.103. The van der Waals surface area contributed by atoms with Gasteiger partial charge in [0, 0.05) is 12.5 Å². The number of rotatable bonds is 3. The summed E-state index contributed by atoms with van der Waals surface area (Å²) < 4.78 is 0. The van der Waals surface area contributed by atoms with Gasteiger partial charge in [-0.2, -0.15) is 0 Å². The van der Waals surface area contributed by atoms with Crippen molar-refractivity contribution in [1.29, 1.82) is 0 Å². The first-order chi connectivity index (χ1) is 7.72. The molecule has 1 aromatic carbocycles. The van der Waals surface area contributed by atoms with Crippen LogP contribution in [-0.4, -0.2) is 17.4 Å². The lowest BCUT2D eigenvalue weighted by atomic mass is 10.1. The van der Waals surface area contributed by atoms with Crippen molar-refractivity contribution in [3.8, 4) is 11.8 Å². The van der Waals surface area contributed by atoms with E-state index in [9.17, 15) is 4.79 Å². The van der Waals surface area contributed by atoms with E-state index < -0.39 is 0 Å². The number of benzene rings is 1. The smallest absolute Gasteiger partial charge is 0.186 e. The molecule has 0 atom stereocenters. The molecule has 1 aromatic rings. The molecule has 0 aliphatic rings. The molecule has 2 N–H and O–H groups in total. The van der Waals surface area contributed by atoms with Crippen molar-refractivity contribution in [3.63, 3.8) is 0 Å². The van der Waals surface area contributed by atoms with Gasteiger partial charge in [0.1, 0.15) is 0 Å². The van der Waals surface area contributed by atoms with Crippen LogP contribution in [-0.2, 0) is 11.2 Å². The van der Waals surface area contributed by atoms with Crippen molar-refractivity contribution < 1.29 is 4.79 Å². The molecule has 0 saturated heterocycles. The number of nitrogens with two attached hydrogens (primary N) is 1. The minimum Gasteiger partial charge on any atom is -0.330 e. The van der Waals surface area contributed by atoms with Crippen LogP contribution in [0.5, 0.6) is 0 Å². The lowest BCUT2D eigenvalue weighted by molar-refractivity contribution is -0.109. The Morgan fingerprint density at radius 1 is 1.50 bits per heavy atom. The predicted molar refractivity (Wildman–Crippen MR) is 69.2 cm³/mol. The van der Waals surface area contributed by atoms with E-state index in [4.69, 9.17) is 5.73 Å². The van der Waals surface area contributed by atoms with Crippen LogP contribution >= 0.6 is 11.8 Å². The van der Waals surface area contributed by atoms with Crippen LogP contribution in [0.25, 0.3) is 0 Å². The van der Waals surface area contributed by atoms with Crippen molar-refractivity contribution in [2.75, 3.05) is 12.3 Å². The van der Waals surface area contributed by atoms with E-state index in [-0.39, 0.29) is 5.12 Å². The third-order valence-electron chi connectivity index (χ3n) is 1.94. The van der Waals surface area contributed by atoms with Crippen LogP contribution < -0.4 is 5.73 Å². The molecule has 2 nitrogen and oxygen atoms in total. The van der Waals surface area contributed by atoms with Gasteiger partial charge in [-0.05, 0) is 30.7 Å². The van der Waals surface area contributed by atoms with Crippen molar-refractivity contribution >= 4 is 16.9 Å². The molecule has 16 heavy (non-hydrogen) atoms. The normalized spacial score (nSPS) is 9.38. The van der Waals surface area contributed by atoms with Crippen LogP contribution in [0.4, 0.5) is 0 Å². The third kappa shape index (κ3) is 5.01. The van der Waals surface area contributed by atoms with Crippen LogP contribution in [0.2, 0.25) is 0 Å². The van der Waals surface area contributed by atoms with Crippen LogP contribution in [0, 0.1) is 11.8 Å². The van der Waals surface area contributed by atoms with Gasteiger partial charge >= 0.3 is 0 Å².